The van der Waals surface area contributed by atoms with Crippen LogP contribution in [-0.2, 0) is 20.8 Å². The molecule has 3 atom stereocenters. The number of aryl methyl sites for hydroxylation is 2. The first-order valence-corrected chi connectivity index (χ1v) is 11.4. The van der Waals surface area contributed by atoms with Crippen molar-refractivity contribution in [2.24, 2.45) is 16.7 Å². The van der Waals surface area contributed by atoms with Crippen LogP contribution in [0.2, 0.25) is 0 Å². The zero-order valence-corrected chi connectivity index (χ0v) is 19.6. The zero-order chi connectivity index (χ0) is 23.3. The predicted octanol–water partition coefficient (Wildman–Crippen LogP) is 4.66. The first-order chi connectivity index (χ1) is 15.1. The molecular weight excluding hydrogens is 400 g/mol. The lowest BCUT2D eigenvalue weighted by molar-refractivity contribution is -0.172. The summed E-state index contributed by atoms with van der Waals surface area (Å²) in [4.78, 5) is 42.2. The maximum atomic E-state index is 13.8. The molecule has 1 N–H and O–H groups in total. The van der Waals surface area contributed by atoms with Gasteiger partial charge in [0.15, 0.2) is 0 Å². The number of fused-ring (bicyclic) bond motifs is 2. The standard InChI is InChI=1S/C27H32N2O3/c1-17-11-12-21(18(2)15-17)28-23(30)22(16-19-9-7-6-8-10-19)29-24(31)20-13-14-27(5,25(29)32)26(20,3)4/h6-12,15,20,22H,13-14,16H2,1-5H3,(H,28,30). The number of carbonyl (C=O) groups is 3. The Hall–Kier alpha value is -2.95. The molecule has 1 heterocycles. The molecule has 0 aromatic heterocycles. The highest BCUT2D eigenvalue weighted by molar-refractivity contribution is 6.09. The summed E-state index contributed by atoms with van der Waals surface area (Å²) in [6.45, 7) is 9.92. The molecule has 3 unspecified atom stereocenters. The molecule has 1 aliphatic heterocycles. The van der Waals surface area contributed by atoms with Crippen molar-refractivity contribution in [2.45, 2.75) is 59.9 Å². The molecule has 5 heteroatoms. The van der Waals surface area contributed by atoms with Gasteiger partial charge in [-0.3, -0.25) is 19.3 Å². The fourth-order valence-corrected chi connectivity index (χ4v) is 5.45. The summed E-state index contributed by atoms with van der Waals surface area (Å²) < 4.78 is 0. The number of nitrogens with one attached hydrogen (secondary N) is 1. The van der Waals surface area contributed by atoms with Crippen LogP contribution >= 0.6 is 0 Å². The number of carbonyl (C=O) groups excluding carboxylic acids is 3. The van der Waals surface area contributed by atoms with E-state index >= 15 is 0 Å². The van der Waals surface area contributed by atoms with E-state index in [2.05, 4.69) is 5.32 Å². The summed E-state index contributed by atoms with van der Waals surface area (Å²) in [6.07, 6.45) is 1.64. The number of likely N-dealkylation sites (tertiary alicyclic amines) is 1. The summed E-state index contributed by atoms with van der Waals surface area (Å²) in [5.41, 5.74) is 2.59. The Labute approximate surface area is 190 Å². The molecule has 1 aliphatic carbocycles. The molecule has 0 spiro atoms. The summed E-state index contributed by atoms with van der Waals surface area (Å²) in [5.74, 6) is -1.02. The van der Waals surface area contributed by atoms with Gasteiger partial charge in [-0.05, 0) is 49.3 Å². The van der Waals surface area contributed by atoms with E-state index in [9.17, 15) is 14.4 Å². The molecule has 4 rings (SSSR count). The van der Waals surface area contributed by atoms with Crippen LogP contribution in [0.5, 0.6) is 0 Å². The Balaban J connectivity index is 1.72. The number of imide groups is 1. The number of rotatable bonds is 5. The van der Waals surface area contributed by atoms with Gasteiger partial charge in [0.25, 0.3) is 0 Å². The van der Waals surface area contributed by atoms with E-state index in [1.807, 2.05) is 83.1 Å². The van der Waals surface area contributed by atoms with E-state index in [1.165, 1.54) is 4.90 Å². The number of piperidine rings is 1. The van der Waals surface area contributed by atoms with E-state index in [0.717, 1.165) is 16.7 Å². The number of hydrogen-bond donors (Lipinski definition) is 1. The van der Waals surface area contributed by atoms with E-state index < -0.39 is 16.9 Å². The van der Waals surface area contributed by atoms with Crippen LogP contribution in [0.25, 0.3) is 0 Å². The molecule has 168 valence electrons. The second kappa shape index (κ2) is 7.88. The van der Waals surface area contributed by atoms with Gasteiger partial charge in [-0.25, -0.2) is 0 Å². The molecule has 5 nitrogen and oxygen atoms in total. The molecule has 2 aromatic carbocycles. The van der Waals surface area contributed by atoms with Crippen LogP contribution in [0.4, 0.5) is 5.69 Å². The maximum Gasteiger partial charge on any atom is 0.248 e. The lowest BCUT2D eigenvalue weighted by atomic mass is 9.62. The van der Waals surface area contributed by atoms with Crippen LogP contribution in [0.15, 0.2) is 48.5 Å². The van der Waals surface area contributed by atoms with Crippen molar-refractivity contribution in [3.63, 3.8) is 0 Å². The Kier molecular flexibility index (Phi) is 5.48. The van der Waals surface area contributed by atoms with Crippen molar-refractivity contribution in [3.8, 4) is 0 Å². The molecule has 3 amide bonds. The third-order valence-corrected chi connectivity index (χ3v) is 7.98. The van der Waals surface area contributed by atoms with Crippen molar-refractivity contribution in [1.29, 1.82) is 0 Å². The molecule has 2 aliphatic rings. The van der Waals surface area contributed by atoms with Crippen LogP contribution in [-0.4, -0.2) is 28.7 Å². The summed E-state index contributed by atoms with van der Waals surface area (Å²) in [7, 11) is 0. The fourth-order valence-electron chi connectivity index (χ4n) is 5.45. The monoisotopic (exact) mass is 432 g/mol. The smallest absolute Gasteiger partial charge is 0.248 e. The van der Waals surface area contributed by atoms with Crippen LogP contribution < -0.4 is 5.32 Å². The normalized spacial score (nSPS) is 25.0. The van der Waals surface area contributed by atoms with Crippen molar-refractivity contribution in [3.05, 3.63) is 65.2 Å². The predicted molar refractivity (Wildman–Crippen MR) is 125 cm³/mol. The van der Waals surface area contributed by atoms with Crippen molar-refractivity contribution in [2.75, 3.05) is 5.32 Å². The minimum atomic E-state index is -0.894. The Morgan fingerprint density at radius 1 is 1.09 bits per heavy atom. The van der Waals surface area contributed by atoms with Gasteiger partial charge < -0.3 is 5.32 Å². The average molecular weight is 433 g/mol. The molecular formula is C27H32N2O3. The Morgan fingerprint density at radius 3 is 2.44 bits per heavy atom. The molecule has 1 saturated heterocycles. The SMILES string of the molecule is Cc1ccc(NC(=O)C(Cc2ccccc2)N2C(=O)C3CCC(C)(C2=O)C3(C)C)c(C)c1. The third-order valence-electron chi connectivity index (χ3n) is 7.98. The molecule has 1 saturated carbocycles. The number of anilines is 1. The van der Waals surface area contributed by atoms with Crippen LogP contribution in [0.1, 0.15) is 50.3 Å². The van der Waals surface area contributed by atoms with Gasteiger partial charge >= 0.3 is 0 Å². The van der Waals surface area contributed by atoms with Gasteiger partial charge in [0.1, 0.15) is 6.04 Å². The highest BCUT2D eigenvalue weighted by atomic mass is 16.2. The number of hydrogen-bond acceptors (Lipinski definition) is 3. The highest BCUT2D eigenvalue weighted by Gasteiger charge is 2.65. The number of nitrogens with zero attached hydrogens (tertiary/aromatic N) is 1. The van der Waals surface area contributed by atoms with Crippen molar-refractivity contribution < 1.29 is 14.4 Å². The third kappa shape index (κ3) is 3.44. The van der Waals surface area contributed by atoms with Crippen molar-refractivity contribution in [1.82, 2.24) is 4.90 Å². The van der Waals surface area contributed by atoms with E-state index in [4.69, 9.17) is 0 Å². The van der Waals surface area contributed by atoms with E-state index in [-0.39, 0.29) is 30.1 Å². The highest BCUT2D eigenvalue weighted by Crippen LogP contribution is 2.60. The second-order valence-electron chi connectivity index (χ2n) is 10.2. The molecule has 2 fully saturated rings. The first-order valence-electron chi connectivity index (χ1n) is 11.4. The Morgan fingerprint density at radius 2 is 1.78 bits per heavy atom. The zero-order valence-electron chi connectivity index (χ0n) is 19.6. The topological polar surface area (TPSA) is 66.5 Å². The van der Waals surface area contributed by atoms with Gasteiger partial charge in [-0.2, -0.15) is 0 Å². The maximum absolute atomic E-state index is 13.8. The molecule has 2 bridgehead atoms. The van der Waals surface area contributed by atoms with Gasteiger partial charge in [0.2, 0.25) is 17.7 Å². The van der Waals surface area contributed by atoms with Gasteiger partial charge in [-0.15, -0.1) is 0 Å². The van der Waals surface area contributed by atoms with E-state index in [0.29, 0.717) is 18.5 Å². The Bertz CT molecular complexity index is 1080. The second-order valence-corrected chi connectivity index (χ2v) is 10.2. The first kappa shape index (κ1) is 22.3. The largest absolute Gasteiger partial charge is 0.324 e. The lowest BCUT2D eigenvalue weighted by Crippen LogP contribution is -2.64. The fraction of sp³-hybridized carbons (Fsp3) is 0.444. The average Bonchev–Trinajstić information content (AvgIpc) is 2.93. The lowest BCUT2D eigenvalue weighted by Gasteiger charge is -2.49. The van der Waals surface area contributed by atoms with Crippen LogP contribution in [0, 0.1) is 30.6 Å². The number of amides is 3. The minimum Gasteiger partial charge on any atom is -0.324 e. The number of benzene rings is 2. The minimum absolute atomic E-state index is 0.216. The van der Waals surface area contributed by atoms with Crippen molar-refractivity contribution >= 4 is 23.4 Å². The quantitative estimate of drug-likeness (QED) is 0.699. The van der Waals surface area contributed by atoms with Gasteiger partial charge in [0.05, 0.1) is 5.41 Å². The van der Waals surface area contributed by atoms with E-state index in [1.54, 1.807) is 0 Å². The summed E-state index contributed by atoms with van der Waals surface area (Å²) in [5, 5.41) is 2.99. The van der Waals surface area contributed by atoms with Crippen LogP contribution in [0.3, 0.4) is 0 Å². The molecule has 32 heavy (non-hydrogen) atoms. The van der Waals surface area contributed by atoms with Gasteiger partial charge in [0, 0.05) is 18.0 Å². The summed E-state index contributed by atoms with van der Waals surface area (Å²) >= 11 is 0. The molecule has 0 radical (unpaired) electrons. The summed E-state index contributed by atoms with van der Waals surface area (Å²) in [6, 6.07) is 14.5. The van der Waals surface area contributed by atoms with Gasteiger partial charge in [-0.1, -0.05) is 68.8 Å². The molecule has 2 aromatic rings.